The second-order valence-corrected chi connectivity index (χ2v) is 13.1. The first-order chi connectivity index (χ1) is 21.8. The smallest absolute Gasteiger partial charge is 0.262 e. The van der Waals surface area contributed by atoms with Crippen LogP contribution in [0.25, 0.3) is 0 Å². The van der Waals surface area contributed by atoms with Gasteiger partial charge in [0.25, 0.3) is 5.91 Å². The van der Waals surface area contributed by atoms with E-state index in [1.165, 1.54) is 6.07 Å². The van der Waals surface area contributed by atoms with Crippen molar-refractivity contribution in [2.45, 2.75) is 62.1 Å². The molecule has 0 radical (unpaired) electrons. The van der Waals surface area contributed by atoms with Crippen LogP contribution in [0.15, 0.2) is 42.5 Å². The van der Waals surface area contributed by atoms with E-state index in [0.717, 1.165) is 42.5 Å². The summed E-state index contributed by atoms with van der Waals surface area (Å²) in [6.07, 6.45) is 4.50. The number of piperidine rings is 2. The van der Waals surface area contributed by atoms with Gasteiger partial charge in [0.05, 0.1) is 7.11 Å². The fourth-order valence-electron chi connectivity index (χ4n) is 7.98. The molecule has 10 heteroatoms. The largest absolute Gasteiger partial charge is 0.497 e. The van der Waals surface area contributed by atoms with Crippen molar-refractivity contribution in [3.63, 3.8) is 0 Å². The maximum atomic E-state index is 17.3. The number of alkyl halides is 1. The van der Waals surface area contributed by atoms with E-state index >= 15 is 4.39 Å². The number of nitrogens with one attached hydrogen (secondary N) is 1. The minimum absolute atomic E-state index is 0.0229. The second-order valence-electron chi connectivity index (χ2n) is 13.1. The maximum absolute atomic E-state index is 17.3. The molecule has 4 heterocycles. The summed E-state index contributed by atoms with van der Waals surface area (Å²) in [6.45, 7) is 4.18. The van der Waals surface area contributed by atoms with E-state index in [9.17, 15) is 14.0 Å². The predicted molar refractivity (Wildman–Crippen MR) is 169 cm³/mol. The predicted octanol–water partition coefficient (Wildman–Crippen LogP) is 4.49. The zero-order chi connectivity index (χ0) is 31.6. The third kappa shape index (κ3) is 6.54. The lowest BCUT2D eigenvalue weighted by molar-refractivity contribution is -0.145. The van der Waals surface area contributed by atoms with Crippen LogP contribution in [0, 0.1) is 11.7 Å². The quantitative estimate of drug-likeness (QED) is 0.490. The normalized spacial score (nSPS) is 25.8. The molecule has 0 aliphatic carbocycles. The third-order valence-electron chi connectivity index (χ3n) is 10.7. The zero-order valence-corrected chi connectivity index (χ0v) is 26.5. The van der Waals surface area contributed by atoms with Crippen LogP contribution in [-0.4, -0.2) is 100.0 Å². The number of ether oxygens (including phenoxy) is 2. The fraction of sp³-hybridized carbons (Fsp3) is 0.600. The van der Waals surface area contributed by atoms with E-state index in [1.54, 1.807) is 25.1 Å². The minimum Gasteiger partial charge on any atom is -0.497 e. The molecule has 0 aromatic heterocycles. The van der Waals surface area contributed by atoms with Crippen molar-refractivity contribution in [2.24, 2.45) is 5.92 Å². The lowest BCUT2D eigenvalue weighted by Crippen LogP contribution is -2.53. The lowest BCUT2D eigenvalue weighted by atomic mass is 9.83. The zero-order valence-electron chi connectivity index (χ0n) is 26.5. The molecule has 4 aliphatic rings. The van der Waals surface area contributed by atoms with Crippen molar-refractivity contribution < 1.29 is 27.8 Å². The van der Waals surface area contributed by atoms with Crippen LogP contribution in [0.1, 0.15) is 61.5 Å². The standard InChI is InChI=1S/C35H46F2N4O4/c1-38-33(42)26-11-15-39(16-12-26)32-21-27(36)5-8-30(32)24-9-17-40(18-10-24)34(43)35(37)23-41(28-13-19-45-20-14-28)22-31(35)25-3-6-29(44-2)7-4-25/h3-8,21,24,26,28,31H,9-20,22-23H2,1-2H3,(H,38,42)/t31-,35?/m0/s1. The number of rotatable bonds is 7. The van der Waals surface area contributed by atoms with Crippen molar-refractivity contribution in [2.75, 3.05) is 71.5 Å². The van der Waals surface area contributed by atoms with E-state index in [0.29, 0.717) is 64.5 Å². The molecule has 2 aromatic carbocycles. The van der Waals surface area contributed by atoms with E-state index < -0.39 is 17.5 Å². The third-order valence-corrected chi connectivity index (χ3v) is 10.7. The maximum Gasteiger partial charge on any atom is 0.262 e. The number of carbonyl (C=O) groups excluding carboxylic acids is 2. The molecule has 2 aromatic rings. The van der Waals surface area contributed by atoms with Crippen LogP contribution in [0.2, 0.25) is 0 Å². The molecule has 0 spiro atoms. The Morgan fingerprint density at radius 2 is 1.64 bits per heavy atom. The number of carbonyl (C=O) groups is 2. The lowest BCUT2D eigenvalue weighted by Gasteiger charge is -2.39. The van der Waals surface area contributed by atoms with E-state index in [-0.39, 0.29) is 36.1 Å². The Hall–Kier alpha value is -3.24. The van der Waals surface area contributed by atoms with Crippen LogP contribution < -0.4 is 15.0 Å². The Morgan fingerprint density at radius 3 is 2.29 bits per heavy atom. The number of hydrogen-bond acceptors (Lipinski definition) is 6. The fourth-order valence-corrected chi connectivity index (χ4v) is 7.98. The Kier molecular flexibility index (Phi) is 9.61. The number of hydrogen-bond donors (Lipinski definition) is 1. The molecule has 4 saturated heterocycles. The van der Waals surface area contributed by atoms with Gasteiger partial charge in [-0.2, -0.15) is 0 Å². The Balaban J connectivity index is 1.16. The number of anilines is 1. The summed E-state index contributed by atoms with van der Waals surface area (Å²) in [6, 6.07) is 12.6. The van der Waals surface area contributed by atoms with Gasteiger partial charge in [-0.15, -0.1) is 0 Å². The highest BCUT2D eigenvalue weighted by molar-refractivity contribution is 5.87. The van der Waals surface area contributed by atoms with E-state index in [1.807, 2.05) is 30.3 Å². The summed E-state index contributed by atoms with van der Waals surface area (Å²) in [7, 11) is 3.27. The van der Waals surface area contributed by atoms with Gasteiger partial charge in [-0.05, 0) is 79.8 Å². The number of halogens is 2. The monoisotopic (exact) mass is 624 g/mol. The molecule has 2 atom stereocenters. The first kappa shape index (κ1) is 31.7. The van der Waals surface area contributed by atoms with Crippen molar-refractivity contribution in [1.82, 2.24) is 15.1 Å². The Labute approximate surface area is 265 Å². The van der Waals surface area contributed by atoms with Gasteiger partial charge in [-0.25, -0.2) is 8.78 Å². The highest BCUT2D eigenvalue weighted by Crippen LogP contribution is 2.44. The van der Waals surface area contributed by atoms with Crippen molar-refractivity contribution in [1.29, 1.82) is 0 Å². The van der Waals surface area contributed by atoms with Gasteiger partial charge in [0.1, 0.15) is 11.6 Å². The molecule has 45 heavy (non-hydrogen) atoms. The van der Waals surface area contributed by atoms with Gasteiger partial charge < -0.3 is 24.6 Å². The number of benzene rings is 2. The second kappa shape index (κ2) is 13.6. The number of nitrogens with zero attached hydrogens (tertiary/aromatic N) is 3. The summed E-state index contributed by atoms with van der Waals surface area (Å²) in [4.78, 5) is 32.4. The molecule has 0 saturated carbocycles. The average molecular weight is 625 g/mol. The highest BCUT2D eigenvalue weighted by atomic mass is 19.1. The first-order valence-corrected chi connectivity index (χ1v) is 16.5. The molecular weight excluding hydrogens is 578 g/mol. The summed E-state index contributed by atoms with van der Waals surface area (Å²) in [5.41, 5.74) is 0.724. The number of methoxy groups -OCH3 is 1. The molecule has 1 unspecified atom stereocenters. The highest BCUT2D eigenvalue weighted by Gasteiger charge is 2.56. The van der Waals surface area contributed by atoms with Crippen molar-refractivity contribution in [3.05, 3.63) is 59.4 Å². The topological polar surface area (TPSA) is 74.4 Å². The van der Waals surface area contributed by atoms with Gasteiger partial charge in [0.2, 0.25) is 11.6 Å². The molecule has 8 nitrogen and oxygen atoms in total. The molecule has 1 N–H and O–H groups in total. The number of likely N-dealkylation sites (tertiary alicyclic amines) is 2. The Morgan fingerprint density at radius 1 is 0.956 bits per heavy atom. The van der Waals surface area contributed by atoms with Crippen LogP contribution >= 0.6 is 0 Å². The molecule has 244 valence electrons. The summed E-state index contributed by atoms with van der Waals surface area (Å²) < 4.78 is 42.7. The number of amides is 2. The molecular formula is C35H46F2N4O4. The van der Waals surface area contributed by atoms with Gasteiger partial charge in [0.15, 0.2) is 0 Å². The molecule has 4 fully saturated rings. The average Bonchev–Trinajstić information content (AvgIpc) is 3.46. The Bertz CT molecular complexity index is 1340. The van der Waals surface area contributed by atoms with Crippen molar-refractivity contribution >= 4 is 17.5 Å². The SMILES string of the molecule is CNC(=O)C1CCN(c2cc(F)ccc2C2CCN(C(=O)C3(F)CN(C4CCOCC4)C[C@H]3c3ccc(OC)cc3)CC2)CC1. The summed E-state index contributed by atoms with van der Waals surface area (Å²) >= 11 is 0. The minimum atomic E-state index is -2.03. The van der Waals surface area contributed by atoms with Gasteiger partial charge in [-0.3, -0.25) is 14.5 Å². The molecule has 6 rings (SSSR count). The van der Waals surface area contributed by atoms with E-state index in [4.69, 9.17) is 9.47 Å². The van der Waals surface area contributed by atoms with Crippen LogP contribution in [0.5, 0.6) is 5.75 Å². The van der Waals surface area contributed by atoms with Crippen LogP contribution in [-0.2, 0) is 14.3 Å². The van der Waals surface area contributed by atoms with Gasteiger partial charge in [0, 0.05) is 83.1 Å². The molecule has 0 bridgehead atoms. The molecule has 4 aliphatic heterocycles. The van der Waals surface area contributed by atoms with Crippen molar-refractivity contribution in [3.8, 4) is 5.75 Å². The van der Waals surface area contributed by atoms with Crippen LogP contribution in [0.4, 0.5) is 14.5 Å². The van der Waals surface area contributed by atoms with Gasteiger partial charge >= 0.3 is 0 Å². The summed E-state index contributed by atoms with van der Waals surface area (Å²) in [5, 5.41) is 2.74. The first-order valence-electron chi connectivity index (χ1n) is 16.5. The van der Waals surface area contributed by atoms with Gasteiger partial charge in [-0.1, -0.05) is 18.2 Å². The molecule has 2 amide bonds. The van der Waals surface area contributed by atoms with Crippen LogP contribution in [0.3, 0.4) is 0 Å². The van der Waals surface area contributed by atoms with E-state index in [2.05, 4.69) is 15.1 Å². The summed E-state index contributed by atoms with van der Waals surface area (Å²) in [5.74, 6) is -0.406.